The van der Waals surface area contributed by atoms with Gasteiger partial charge in [0.25, 0.3) is 0 Å². The number of hydrogen-bond donors (Lipinski definition) is 2. The zero-order valence-electron chi connectivity index (χ0n) is 8.82. The first-order valence-electron chi connectivity index (χ1n) is 4.82. The van der Waals surface area contributed by atoms with Crippen molar-refractivity contribution in [1.82, 2.24) is 5.32 Å². The van der Waals surface area contributed by atoms with E-state index < -0.39 is 0 Å². The Kier molecular flexibility index (Phi) is 4.63. The van der Waals surface area contributed by atoms with Crippen molar-refractivity contribution in [1.29, 1.82) is 0 Å². The molecule has 4 heteroatoms. The number of anilines is 1. The normalized spacial score (nSPS) is 9.93. The average Bonchev–Trinajstić information content (AvgIpc) is 2.18. The van der Waals surface area contributed by atoms with Crippen molar-refractivity contribution in [2.45, 2.75) is 6.42 Å². The molecule has 0 saturated heterocycles. The Morgan fingerprint density at radius 2 is 2.33 bits per heavy atom. The summed E-state index contributed by atoms with van der Waals surface area (Å²) in [6, 6.07) is 7.32. The van der Waals surface area contributed by atoms with Gasteiger partial charge in [0.05, 0.1) is 13.0 Å². The summed E-state index contributed by atoms with van der Waals surface area (Å²) in [6.07, 6.45) is 0.356. The lowest BCUT2D eigenvalue weighted by Crippen LogP contribution is -2.28. The van der Waals surface area contributed by atoms with Crippen LogP contribution in [0.25, 0.3) is 0 Å². The molecule has 3 N–H and O–H groups in total. The Balaban J connectivity index is 2.37. The molecule has 82 valence electrons. The number of nitrogens with one attached hydrogen (secondary N) is 1. The highest BCUT2D eigenvalue weighted by atomic mass is 16.5. The minimum absolute atomic E-state index is 0.0161. The van der Waals surface area contributed by atoms with E-state index in [0.29, 0.717) is 25.3 Å². The monoisotopic (exact) mass is 208 g/mol. The van der Waals surface area contributed by atoms with E-state index in [-0.39, 0.29) is 5.91 Å². The molecule has 0 saturated carbocycles. The SMILES string of the molecule is COCCNC(=O)Cc1cccc(N)c1. The Hall–Kier alpha value is -1.55. The summed E-state index contributed by atoms with van der Waals surface area (Å²) in [4.78, 5) is 11.4. The lowest BCUT2D eigenvalue weighted by Gasteiger charge is -2.04. The number of hydrogen-bond acceptors (Lipinski definition) is 3. The van der Waals surface area contributed by atoms with Crippen LogP contribution in [0.5, 0.6) is 0 Å². The van der Waals surface area contributed by atoms with Gasteiger partial charge in [-0.25, -0.2) is 0 Å². The maximum absolute atomic E-state index is 11.4. The van der Waals surface area contributed by atoms with E-state index in [2.05, 4.69) is 5.32 Å². The maximum Gasteiger partial charge on any atom is 0.224 e. The molecule has 0 heterocycles. The molecule has 0 aliphatic rings. The standard InChI is InChI=1S/C11H16N2O2/c1-15-6-5-13-11(14)8-9-3-2-4-10(12)7-9/h2-4,7H,5-6,8,12H2,1H3,(H,13,14). The lowest BCUT2D eigenvalue weighted by molar-refractivity contribution is -0.120. The predicted octanol–water partition coefficient (Wildman–Crippen LogP) is 0.574. The maximum atomic E-state index is 11.4. The van der Waals surface area contributed by atoms with Crippen LogP contribution in [0.1, 0.15) is 5.56 Å². The Morgan fingerprint density at radius 3 is 3.00 bits per heavy atom. The third-order valence-electron chi connectivity index (χ3n) is 1.94. The van der Waals surface area contributed by atoms with Crippen molar-refractivity contribution in [3.63, 3.8) is 0 Å². The summed E-state index contributed by atoms with van der Waals surface area (Å²) in [5.41, 5.74) is 7.20. The number of ether oxygens (including phenoxy) is 1. The van der Waals surface area contributed by atoms with E-state index in [9.17, 15) is 4.79 Å². The topological polar surface area (TPSA) is 64.3 Å². The van der Waals surface area contributed by atoms with Gasteiger partial charge >= 0.3 is 0 Å². The molecular weight excluding hydrogens is 192 g/mol. The Morgan fingerprint density at radius 1 is 1.53 bits per heavy atom. The van der Waals surface area contributed by atoms with Crippen LogP contribution in [0, 0.1) is 0 Å². The van der Waals surface area contributed by atoms with Crippen LogP contribution in [0.3, 0.4) is 0 Å². The molecule has 0 unspecified atom stereocenters. The molecule has 4 nitrogen and oxygen atoms in total. The van der Waals surface area contributed by atoms with Gasteiger partial charge in [-0.05, 0) is 17.7 Å². The molecule has 0 aromatic heterocycles. The van der Waals surface area contributed by atoms with Crippen LogP contribution in [0.2, 0.25) is 0 Å². The van der Waals surface area contributed by atoms with Gasteiger partial charge in [-0.2, -0.15) is 0 Å². The van der Waals surface area contributed by atoms with Gasteiger partial charge in [-0.1, -0.05) is 12.1 Å². The summed E-state index contributed by atoms with van der Waals surface area (Å²) < 4.78 is 4.83. The summed E-state index contributed by atoms with van der Waals surface area (Å²) in [6.45, 7) is 1.07. The van der Waals surface area contributed by atoms with E-state index in [1.54, 1.807) is 19.2 Å². The molecule has 0 radical (unpaired) electrons. The van der Waals surface area contributed by atoms with E-state index in [1.807, 2.05) is 12.1 Å². The zero-order valence-corrected chi connectivity index (χ0v) is 8.82. The quantitative estimate of drug-likeness (QED) is 0.549. The van der Waals surface area contributed by atoms with Crippen LogP contribution < -0.4 is 11.1 Å². The van der Waals surface area contributed by atoms with Crippen LogP contribution in [0.4, 0.5) is 5.69 Å². The number of nitrogen functional groups attached to an aromatic ring is 1. The Bertz CT molecular complexity index is 326. The second-order valence-electron chi connectivity index (χ2n) is 3.26. The molecule has 1 rings (SSSR count). The molecule has 1 aromatic rings. The van der Waals surface area contributed by atoms with Crippen molar-refractivity contribution in [2.75, 3.05) is 26.0 Å². The van der Waals surface area contributed by atoms with E-state index in [1.165, 1.54) is 0 Å². The number of nitrogens with two attached hydrogens (primary N) is 1. The molecule has 15 heavy (non-hydrogen) atoms. The van der Waals surface area contributed by atoms with Gasteiger partial charge in [0, 0.05) is 19.3 Å². The molecule has 0 bridgehead atoms. The minimum Gasteiger partial charge on any atom is -0.399 e. The van der Waals surface area contributed by atoms with Crippen LogP contribution >= 0.6 is 0 Å². The van der Waals surface area contributed by atoms with E-state index in [0.717, 1.165) is 5.56 Å². The van der Waals surface area contributed by atoms with Crippen LogP contribution in [-0.2, 0) is 16.0 Å². The third-order valence-corrected chi connectivity index (χ3v) is 1.94. The zero-order chi connectivity index (χ0) is 11.1. The van der Waals surface area contributed by atoms with Crippen molar-refractivity contribution >= 4 is 11.6 Å². The number of methoxy groups -OCH3 is 1. The Labute approximate surface area is 89.4 Å². The van der Waals surface area contributed by atoms with Gasteiger partial charge in [0.15, 0.2) is 0 Å². The van der Waals surface area contributed by atoms with Crippen molar-refractivity contribution in [3.05, 3.63) is 29.8 Å². The second-order valence-corrected chi connectivity index (χ2v) is 3.26. The molecule has 0 aliphatic carbocycles. The molecule has 0 atom stereocenters. The summed E-state index contributed by atoms with van der Waals surface area (Å²) >= 11 is 0. The molecule has 0 fully saturated rings. The van der Waals surface area contributed by atoms with Gasteiger partial charge in [-0.3, -0.25) is 4.79 Å². The first kappa shape index (κ1) is 11.5. The molecule has 1 amide bonds. The van der Waals surface area contributed by atoms with Gasteiger partial charge < -0.3 is 15.8 Å². The summed E-state index contributed by atoms with van der Waals surface area (Å²) in [5.74, 6) is -0.0161. The van der Waals surface area contributed by atoms with Gasteiger partial charge in [0.1, 0.15) is 0 Å². The highest BCUT2D eigenvalue weighted by Gasteiger charge is 2.02. The number of rotatable bonds is 5. The summed E-state index contributed by atoms with van der Waals surface area (Å²) in [5, 5.41) is 2.75. The number of amides is 1. The highest BCUT2D eigenvalue weighted by molar-refractivity contribution is 5.78. The van der Waals surface area contributed by atoms with Crippen molar-refractivity contribution in [3.8, 4) is 0 Å². The highest BCUT2D eigenvalue weighted by Crippen LogP contribution is 2.06. The molecule has 1 aromatic carbocycles. The molecule has 0 spiro atoms. The van der Waals surface area contributed by atoms with E-state index >= 15 is 0 Å². The fourth-order valence-electron chi connectivity index (χ4n) is 1.24. The fraction of sp³-hybridized carbons (Fsp3) is 0.364. The number of carbonyl (C=O) groups excluding carboxylic acids is 1. The predicted molar refractivity (Wildman–Crippen MR) is 59.4 cm³/mol. The van der Waals surface area contributed by atoms with Crippen LogP contribution in [0.15, 0.2) is 24.3 Å². The van der Waals surface area contributed by atoms with Crippen molar-refractivity contribution < 1.29 is 9.53 Å². The smallest absolute Gasteiger partial charge is 0.224 e. The number of carbonyl (C=O) groups is 1. The van der Waals surface area contributed by atoms with E-state index in [4.69, 9.17) is 10.5 Å². The van der Waals surface area contributed by atoms with Crippen molar-refractivity contribution in [2.24, 2.45) is 0 Å². The van der Waals surface area contributed by atoms with Gasteiger partial charge in [-0.15, -0.1) is 0 Å². The number of benzene rings is 1. The fourth-order valence-corrected chi connectivity index (χ4v) is 1.24. The summed E-state index contributed by atoms with van der Waals surface area (Å²) in [7, 11) is 1.60. The van der Waals surface area contributed by atoms with Crippen LogP contribution in [-0.4, -0.2) is 26.2 Å². The lowest BCUT2D eigenvalue weighted by atomic mass is 10.1. The molecule has 0 aliphatic heterocycles. The second kappa shape index (κ2) is 6.03. The van der Waals surface area contributed by atoms with Gasteiger partial charge in [0.2, 0.25) is 5.91 Å². The average molecular weight is 208 g/mol. The molecular formula is C11H16N2O2. The first-order valence-corrected chi connectivity index (χ1v) is 4.82. The third kappa shape index (κ3) is 4.46. The minimum atomic E-state index is -0.0161. The largest absolute Gasteiger partial charge is 0.399 e. The first-order chi connectivity index (χ1) is 7.22.